The predicted molar refractivity (Wildman–Crippen MR) is 158 cm³/mol. The van der Waals surface area contributed by atoms with E-state index < -0.39 is 16.1 Å². The van der Waals surface area contributed by atoms with Crippen molar-refractivity contribution < 1.29 is 8.42 Å². The molecule has 8 heteroatoms. The molecule has 39 heavy (non-hydrogen) atoms. The molecule has 1 N–H and O–H groups in total. The van der Waals surface area contributed by atoms with Gasteiger partial charge in [-0.1, -0.05) is 94.3 Å². The van der Waals surface area contributed by atoms with Gasteiger partial charge in [-0.3, -0.25) is 4.79 Å². The van der Waals surface area contributed by atoms with Crippen LogP contribution >= 0.6 is 15.9 Å². The second-order valence-corrected chi connectivity index (χ2v) is 12.2. The monoisotopic (exact) mass is 597 g/mol. The first-order valence-electron chi connectivity index (χ1n) is 12.5. The Balaban J connectivity index is 1.60. The number of nitrogens with zero attached hydrogens (tertiary/aromatic N) is 2. The summed E-state index contributed by atoms with van der Waals surface area (Å²) in [5.74, 6) is 0. The molecule has 194 valence electrons. The van der Waals surface area contributed by atoms with Crippen molar-refractivity contribution >= 4 is 42.6 Å². The Kier molecular flexibility index (Phi) is 6.45. The summed E-state index contributed by atoms with van der Waals surface area (Å²) in [6.07, 6.45) is 0.248. The van der Waals surface area contributed by atoms with Gasteiger partial charge in [0, 0.05) is 27.4 Å². The molecule has 0 saturated heterocycles. The van der Waals surface area contributed by atoms with Crippen LogP contribution in [-0.4, -0.2) is 23.5 Å². The van der Waals surface area contributed by atoms with Crippen molar-refractivity contribution in [1.29, 1.82) is 0 Å². The van der Waals surface area contributed by atoms with Crippen LogP contribution in [-0.2, 0) is 10.0 Å². The third-order valence-corrected chi connectivity index (χ3v) is 9.14. The number of aromatic amines is 1. The van der Waals surface area contributed by atoms with Gasteiger partial charge < -0.3 is 4.98 Å². The van der Waals surface area contributed by atoms with Crippen molar-refractivity contribution in [2.45, 2.75) is 24.3 Å². The summed E-state index contributed by atoms with van der Waals surface area (Å²) in [4.78, 5) is 16.8. The molecule has 1 aliphatic heterocycles. The highest BCUT2D eigenvalue weighted by Crippen LogP contribution is 2.40. The third-order valence-electron chi connectivity index (χ3n) is 6.95. The van der Waals surface area contributed by atoms with E-state index in [-0.39, 0.29) is 16.9 Å². The zero-order valence-corrected chi connectivity index (χ0v) is 23.4. The molecule has 0 aliphatic carbocycles. The minimum Gasteiger partial charge on any atom is -0.321 e. The van der Waals surface area contributed by atoms with E-state index in [1.165, 1.54) is 4.41 Å². The molecule has 5 aromatic rings. The lowest BCUT2D eigenvalue weighted by atomic mass is 9.91. The SMILES string of the molecule is Cc1ccc(S(=O)(=O)N2N=C(c3c(-c4ccccc4)c4cc(Br)ccc4[nH]c3=O)C[C@H]2c2ccccc2)cc1. The van der Waals surface area contributed by atoms with Crippen molar-refractivity contribution in [1.82, 2.24) is 9.40 Å². The third kappa shape index (κ3) is 4.60. The number of rotatable bonds is 5. The van der Waals surface area contributed by atoms with Crippen molar-refractivity contribution in [2.75, 3.05) is 0 Å². The summed E-state index contributed by atoms with van der Waals surface area (Å²) < 4.78 is 29.9. The van der Waals surface area contributed by atoms with E-state index in [1.54, 1.807) is 24.3 Å². The Morgan fingerprint density at radius 1 is 0.872 bits per heavy atom. The number of sulfonamides is 1. The molecular weight excluding hydrogens is 574 g/mol. The van der Waals surface area contributed by atoms with Gasteiger partial charge in [0.1, 0.15) is 0 Å². The van der Waals surface area contributed by atoms with Gasteiger partial charge in [-0.15, -0.1) is 0 Å². The number of hydrogen-bond acceptors (Lipinski definition) is 4. The fraction of sp³-hybridized carbons (Fsp3) is 0.0968. The quantitative estimate of drug-likeness (QED) is 0.242. The maximum absolute atomic E-state index is 13.9. The van der Waals surface area contributed by atoms with Gasteiger partial charge in [0.05, 0.1) is 22.2 Å². The van der Waals surface area contributed by atoms with Crippen LogP contribution in [0.3, 0.4) is 0 Å². The molecule has 1 atom stereocenters. The van der Waals surface area contributed by atoms with Crippen molar-refractivity contribution in [3.05, 3.63) is 135 Å². The molecule has 0 spiro atoms. The average molecular weight is 599 g/mol. The van der Waals surface area contributed by atoms with Gasteiger partial charge in [0.25, 0.3) is 15.6 Å². The summed E-state index contributed by atoms with van der Waals surface area (Å²) in [5.41, 5.74) is 4.48. The minimum absolute atomic E-state index is 0.152. The number of H-pyrrole nitrogens is 1. The van der Waals surface area contributed by atoms with E-state index in [4.69, 9.17) is 5.10 Å². The molecule has 0 amide bonds. The van der Waals surface area contributed by atoms with Gasteiger partial charge >= 0.3 is 0 Å². The highest BCUT2D eigenvalue weighted by molar-refractivity contribution is 9.10. The fourth-order valence-electron chi connectivity index (χ4n) is 5.05. The number of pyridine rings is 1. The number of hydrogen-bond donors (Lipinski definition) is 1. The molecule has 0 unspecified atom stereocenters. The number of halogens is 1. The van der Waals surface area contributed by atoms with Crippen LogP contribution in [0.15, 0.2) is 122 Å². The Bertz CT molecular complexity index is 1890. The lowest BCUT2D eigenvalue weighted by Crippen LogP contribution is -2.27. The molecule has 2 heterocycles. The van der Waals surface area contributed by atoms with Crippen LogP contribution in [0.25, 0.3) is 22.0 Å². The van der Waals surface area contributed by atoms with Gasteiger partial charge in [0.2, 0.25) is 0 Å². The molecule has 1 aliphatic rings. The van der Waals surface area contributed by atoms with Gasteiger partial charge in [-0.05, 0) is 48.4 Å². The molecule has 0 radical (unpaired) electrons. The lowest BCUT2D eigenvalue weighted by molar-refractivity contribution is 0.371. The smallest absolute Gasteiger partial charge is 0.279 e. The number of fused-ring (bicyclic) bond motifs is 1. The summed E-state index contributed by atoms with van der Waals surface area (Å²) in [5, 5.41) is 5.53. The zero-order chi connectivity index (χ0) is 27.1. The molecule has 6 rings (SSSR count). The number of aromatic nitrogens is 1. The summed E-state index contributed by atoms with van der Waals surface area (Å²) in [6, 6.07) is 30.9. The lowest BCUT2D eigenvalue weighted by Gasteiger charge is -2.23. The van der Waals surface area contributed by atoms with E-state index in [0.29, 0.717) is 16.8 Å². The second-order valence-electron chi connectivity index (χ2n) is 9.53. The van der Waals surface area contributed by atoms with E-state index in [2.05, 4.69) is 20.9 Å². The average Bonchev–Trinajstić information content (AvgIpc) is 3.40. The zero-order valence-electron chi connectivity index (χ0n) is 21.0. The Hall–Kier alpha value is -4.01. The standard InChI is InChI=1S/C31H24BrN3O3S/c1-20-12-15-24(16-13-20)39(37,38)35-28(21-8-4-2-5-9-21)19-27(34-35)30-29(22-10-6-3-7-11-22)25-18-23(32)14-17-26(25)33-31(30)36/h2-18,28H,19H2,1H3,(H,33,36)/t28-/m0/s1. The molecule has 6 nitrogen and oxygen atoms in total. The van der Waals surface area contributed by atoms with E-state index in [9.17, 15) is 13.2 Å². The summed E-state index contributed by atoms with van der Waals surface area (Å²) in [6.45, 7) is 1.91. The summed E-state index contributed by atoms with van der Waals surface area (Å²) in [7, 11) is -4.01. The molecular formula is C31H24BrN3O3S. The Morgan fingerprint density at radius 2 is 1.54 bits per heavy atom. The normalized spacial score (nSPS) is 15.5. The van der Waals surface area contributed by atoms with Crippen molar-refractivity contribution in [3.63, 3.8) is 0 Å². The predicted octanol–water partition coefficient (Wildman–Crippen LogP) is 6.81. The van der Waals surface area contributed by atoms with Gasteiger partial charge in [-0.2, -0.15) is 17.9 Å². The molecule has 0 fully saturated rings. The van der Waals surface area contributed by atoms with Crippen LogP contribution in [0.2, 0.25) is 0 Å². The van der Waals surface area contributed by atoms with E-state index in [1.807, 2.05) is 85.8 Å². The van der Waals surface area contributed by atoms with Crippen LogP contribution in [0.5, 0.6) is 0 Å². The molecule has 0 bridgehead atoms. The number of hydrazone groups is 1. The van der Waals surface area contributed by atoms with Gasteiger partial charge in [-0.25, -0.2) is 0 Å². The number of aryl methyl sites for hydroxylation is 1. The van der Waals surface area contributed by atoms with Crippen molar-refractivity contribution in [2.24, 2.45) is 5.10 Å². The first-order valence-corrected chi connectivity index (χ1v) is 14.7. The second kappa shape index (κ2) is 9.94. The van der Waals surface area contributed by atoms with Crippen LogP contribution in [0, 0.1) is 6.92 Å². The maximum atomic E-state index is 13.9. The van der Waals surface area contributed by atoms with E-state index >= 15 is 0 Å². The fourth-order valence-corrected chi connectivity index (χ4v) is 6.84. The molecule has 4 aromatic carbocycles. The number of nitrogens with one attached hydrogen (secondary N) is 1. The molecule has 0 saturated carbocycles. The van der Waals surface area contributed by atoms with Crippen LogP contribution in [0.4, 0.5) is 0 Å². The topological polar surface area (TPSA) is 82.6 Å². The maximum Gasteiger partial charge on any atom is 0.279 e. The van der Waals surface area contributed by atoms with Crippen molar-refractivity contribution in [3.8, 4) is 11.1 Å². The van der Waals surface area contributed by atoms with E-state index in [0.717, 1.165) is 32.1 Å². The minimum atomic E-state index is -4.01. The first kappa shape index (κ1) is 25.3. The van der Waals surface area contributed by atoms with Crippen LogP contribution in [0.1, 0.15) is 29.2 Å². The highest BCUT2D eigenvalue weighted by atomic mass is 79.9. The Labute approximate surface area is 234 Å². The Morgan fingerprint density at radius 3 is 2.23 bits per heavy atom. The largest absolute Gasteiger partial charge is 0.321 e. The van der Waals surface area contributed by atoms with Crippen LogP contribution < -0.4 is 5.56 Å². The number of benzene rings is 4. The van der Waals surface area contributed by atoms with Gasteiger partial charge in [0.15, 0.2) is 0 Å². The first-order chi connectivity index (χ1) is 18.8. The highest BCUT2D eigenvalue weighted by Gasteiger charge is 2.39. The molecule has 1 aromatic heterocycles. The summed E-state index contributed by atoms with van der Waals surface area (Å²) >= 11 is 3.56.